The van der Waals surface area contributed by atoms with Gasteiger partial charge in [0.05, 0.1) is 7.11 Å². The molecular weight excluding hydrogens is 162 g/mol. The Balaban J connectivity index is 3.19. The summed E-state index contributed by atoms with van der Waals surface area (Å²) in [4.78, 5) is 0. The summed E-state index contributed by atoms with van der Waals surface area (Å²) >= 11 is 0. The van der Waals surface area contributed by atoms with Crippen molar-refractivity contribution in [3.63, 3.8) is 0 Å². The molecule has 0 saturated heterocycles. The van der Waals surface area contributed by atoms with Crippen LogP contribution in [0.4, 0.5) is 8.78 Å². The third-order valence-corrected chi connectivity index (χ3v) is 1.69. The number of ether oxygens (including phenoxy) is 1. The largest absolute Gasteiger partial charge is 0.497 e. The Kier molecular flexibility index (Phi) is 2.63. The highest BCUT2D eigenvalue weighted by Crippen LogP contribution is 2.20. The molecule has 0 spiro atoms. The minimum atomic E-state index is -0.855. The van der Waals surface area contributed by atoms with Crippen LogP contribution in [0.1, 0.15) is 12.5 Å². The quantitative estimate of drug-likeness (QED) is 0.666. The Hall–Kier alpha value is -1.12. The smallest absolute Gasteiger partial charge is 0.162 e. The van der Waals surface area contributed by atoms with Gasteiger partial charge in [-0.2, -0.15) is 0 Å². The predicted molar refractivity (Wildman–Crippen MR) is 42.3 cm³/mol. The molecule has 1 aromatic rings. The Morgan fingerprint density at radius 3 is 2.50 bits per heavy atom. The molecule has 0 fully saturated rings. The van der Waals surface area contributed by atoms with Crippen molar-refractivity contribution in [3.8, 4) is 5.75 Å². The average Bonchev–Trinajstić information content (AvgIpc) is 2.09. The number of hydrogen-bond donors (Lipinski definition) is 0. The van der Waals surface area contributed by atoms with E-state index >= 15 is 0 Å². The highest BCUT2D eigenvalue weighted by Gasteiger charge is 2.08. The van der Waals surface area contributed by atoms with Crippen molar-refractivity contribution in [2.24, 2.45) is 0 Å². The summed E-state index contributed by atoms with van der Waals surface area (Å²) in [5.74, 6) is -1.28. The number of hydrogen-bond acceptors (Lipinski definition) is 1. The normalized spacial score (nSPS) is 10.0. The molecule has 0 heterocycles. The third-order valence-electron chi connectivity index (χ3n) is 1.69. The van der Waals surface area contributed by atoms with Crippen LogP contribution >= 0.6 is 0 Å². The SMILES string of the molecule is CCc1cc(OC)cc(F)c1F. The molecule has 0 unspecified atom stereocenters. The molecule has 0 amide bonds. The lowest BCUT2D eigenvalue weighted by molar-refractivity contribution is 0.404. The molecule has 0 aromatic heterocycles. The standard InChI is InChI=1S/C9H10F2O/c1-3-6-4-7(12-2)5-8(10)9(6)11/h4-5H,3H2,1-2H3. The molecule has 3 heteroatoms. The van der Waals surface area contributed by atoms with Gasteiger partial charge in [0.2, 0.25) is 0 Å². The molecule has 1 nitrogen and oxygen atoms in total. The van der Waals surface area contributed by atoms with Crippen molar-refractivity contribution in [2.75, 3.05) is 7.11 Å². The Labute approximate surface area is 70.0 Å². The van der Waals surface area contributed by atoms with Crippen LogP contribution in [-0.4, -0.2) is 7.11 Å². The second-order valence-electron chi connectivity index (χ2n) is 2.44. The topological polar surface area (TPSA) is 9.23 Å². The highest BCUT2D eigenvalue weighted by atomic mass is 19.2. The summed E-state index contributed by atoms with van der Waals surface area (Å²) in [6, 6.07) is 2.53. The van der Waals surface area contributed by atoms with Crippen LogP contribution in [0.15, 0.2) is 12.1 Å². The second kappa shape index (κ2) is 3.52. The fourth-order valence-electron chi connectivity index (χ4n) is 0.994. The minimum Gasteiger partial charge on any atom is -0.497 e. The van der Waals surface area contributed by atoms with Gasteiger partial charge in [-0.1, -0.05) is 6.92 Å². The Bertz CT molecular complexity index is 284. The molecule has 66 valence electrons. The summed E-state index contributed by atoms with van der Waals surface area (Å²) in [7, 11) is 1.42. The van der Waals surface area contributed by atoms with Crippen molar-refractivity contribution in [2.45, 2.75) is 13.3 Å². The van der Waals surface area contributed by atoms with Crippen LogP contribution in [0, 0.1) is 11.6 Å². The zero-order valence-corrected chi connectivity index (χ0v) is 7.03. The van der Waals surface area contributed by atoms with E-state index in [-0.39, 0.29) is 0 Å². The molecule has 0 aliphatic rings. The van der Waals surface area contributed by atoms with E-state index in [2.05, 4.69) is 0 Å². The van der Waals surface area contributed by atoms with Crippen molar-refractivity contribution in [1.82, 2.24) is 0 Å². The van der Waals surface area contributed by atoms with Gasteiger partial charge in [0.25, 0.3) is 0 Å². The van der Waals surface area contributed by atoms with E-state index in [4.69, 9.17) is 4.74 Å². The number of aryl methyl sites for hydroxylation is 1. The van der Waals surface area contributed by atoms with Gasteiger partial charge in [0.1, 0.15) is 5.75 Å². The number of rotatable bonds is 2. The third kappa shape index (κ3) is 1.55. The van der Waals surface area contributed by atoms with E-state index in [1.54, 1.807) is 6.92 Å². The molecule has 0 radical (unpaired) electrons. The maximum atomic E-state index is 12.9. The fourth-order valence-corrected chi connectivity index (χ4v) is 0.994. The van der Waals surface area contributed by atoms with E-state index in [9.17, 15) is 8.78 Å². The fraction of sp³-hybridized carbons (Fsp3) is 0.333. The van der Waals surface area contributed by atoms with Gasteiger partial charge in [0, 0.05) is 6.07 Å². The summed E-state index contributed by atoms with van der Waals surface area (Å²) < 4.78 is 30.4. The molecule has 12 heavy (non-hydrogen) atoms. The maximum absolute atomic E-state index is 12.9. The van der Waals surface area contributed by atoms with Crippen LogP contribution in [0.25, 0.3) is 0 Å². The lowest BCUT2D eigenvalue weighted by Gasteiger charge is -2.04. The molecule has 1 rings (SSSR count). The van der Waals surface area contributed by atoms with Crippen LogP contribution in [0.2, 0.25) is 0 Å². The Morgan fingerprint density at radius 2 is 2.00 bits per heavy atom. The minimum absolute atomic E-state index is 0.340. The monoisotopic (exact) mass is 172 g/mol. The molecule has 0 aliphatic carbocycles. The zero-order valence-electron chi connectivity index (χ0n) is 7.03. The molecule has 1 aromatic carbocycles. The maximum Gasteiger partial charge on any atom is 0.162 e. The average molecular weight is 172 g/mol. The molecule has 0 N–H and O–H groups in total. The molecule has 0 bridgehead atoms. The van der Waals surface area contributed by atoms with Crippen LogP contribution < -0.4 is 4.74 Å². The van der Waals surface area contributed by atoms with Crippen LogP contribution in [0.5, 0.6) is 5.75 Å². The van der Waals surface area contributed by atoms with Gasteiger partial charge >= 0.3 is 0 Å². The van der Waals surface area contributed by atoms with Crippen LogP contribution in [-0.2, 0) is 6.42 Å². The van der Waals surface area contributed by atoms with E-state index < -0.39 is 11.6 Å². The van der Waals surface area contributed by atoms with Gasteiger partial charge in [-0.15, -0.1) is 0 Å². The van der Waals surface area contributed by atoms with Crippen molar-refractivity contribution in [1.29, 1.82) is 0 Å². The van der Waals surface area contributed by atoms with E-state index in [1.807, 2.05) is 0 Å². The molecule has 0 aliphatic heterocycles. The van der Waals surface area contributed by atoms with Crippen LogP contribution in [0.3, 0.4) is 0 Å². The number of halogens is 2. The molecule has 0 saturated carbocycles. The highest BCUT2D eigenvalue weighted by molar-refractivity contribution is 5.30. The lowest BCUT2D eigenvalue weighted by Crippen LogP contribution is -1.94. The van der Waals surface area contributed by atoms with Crippen molar-refractivity contribution < 1.29 is 13.5 Å². The number of methoxy groups -OCH3 is 1. The first-order valence-corrected chi connectivity index (χ1v) is 3.71. The first-order valence-electron chi connectivity index (χ1n) is 3.71. The van der Waals surface area contributed by atoms with Gasteiger partial charge < -0.3 is 4.74 Å². The Morgan fingerprint density at radius 1 is 1.33 bits per heavy atom. The summed E-state index contributed by atoms with van der Waals surface area (Å²) in [5, 5.41) is 0. The van der Waals surface area contributed by atoms with Gasteiger partial charge in [-0.3, -0.25) is 0 Å². The first kappa shape index (κ1) is 8.97. The van der Waals surface area contributed by atoms with Gasteiger partial charge in [-0.05, 0) is 18.1 Å². The zero-order chi connectivity index (χ0) is 9.14. The summed E-state index contributed by atoms with van der Waals surface area (Å²) in [6.07, 6.45) is 0.458. The lowest BCUT2D eigenvalue weighted by atomic mass is 10.1. The van der Waals surface area contributed by atoms with Crippen molar-refractivity contribution in [3.05, 3.63) is 29.3 Å². The second-order valence-corrected chi connectivity index (χ2v) is 2.44. The molecular formula is C9H10F2O. The van der Waals surface area contributed by atoms with E-state index in [1.165, 1.54) is 13.2 Å². The number of benzene rings is 1. The van der Waals surface area contributed by atoms with E-state index in [0.717, 1.165) is 6.07 Å². The van der Waals surface area contributed by atoms with E-state index in [0.29, 0.717) is 17.7 Å². The van der Waals surface area contributed by atoms with Gasteiger partial charge in [-0.25, -0.2) is 8.78 Å². The summed E-state index contributed by atoms with van der Waals surface area (Å²) in [6.45, 7) is 1.76. The predicted octanol–water partition coefficient (Wildman–Crippen LogP) is 2.54. The molecule has 0 atom stereocenters. The first-order chi connectivity index (χ1) is 5.69. The van der Waals surface area contributed by atoms with Gasteiger partial charge in [0.15, 0.2) is 11.6 Å². The van der Waals surface area contributed by atoms with Crippen molar-refractivity contribution >= 4 is 0 Å². The summed E-state index contributed by atoms with van der Waals surface area (Å²) in [5.41, 5.74) is 0.340.